The molecule has 1 N–H and O–H groups in total. The quantitative estimate of drug-likeness (QED) is 0.785. The van der Waals surface area contributed by atoms with Crippen LogP contribution in [0, 0.1) is 12.7 Å². The molecule has 1 aromatic heterocycles. The Kier molecular flexibility index (Phi) is 5.39. The van der Waals surface area contributed by atoms with E-state index >= 15 is 0 Å². The van der Waals surface area contributed by atoms with E-state index in [1.165, 1.54) is 6.07 Å². The summed E-state index contributed by atoms with van der Waals surface area (Å²) in [4.78, 5) is 0. The van der Waals surface area contributed by atoms with Crippen LogP contribution in [0.3, 0.4) is 0 Å². The Morgan fingerprint density at radius 1 is 1.33 bits per heavy atom. The van der Waals surface area contributed by atoms with Crippen LogP contribution in [-0.4, -0.2) is 9.78 Å². The third-order valence-electron chi connectivity index (χ3n) is 3.71. The normalized spacial score (nSPS) is 11.1. The number of aryl methyl sites for hydroxylation is 1. The molecule has 0 saturated heterocycles. The first-order chi connectivity index (χ1) is 10.0. The van der Waals surface area contributed by atoms with E-state index in [1.807, 2.05) is 23.9 Å². The van der Waals surface area contributed by atoms with Gasteiger partial charge in [0.2, 0.25) is 0 Å². The van der Waals surface area contributed by atoms with Crippen LogP contribution < -0.4 is 5.32 Å². The van der Waals surface area contributed by atoms with Crippen LogP contribution in [0.1, 0.15) is 44.0 Å². The van der Waals surface area contributed by atoms with Gasteiger partial charge in [-0.3, -0.25) is 4.68 Å². The molecule has 21 heavy (non-hydrogen) atoms. The lowest BCUT2D eigenvalue weighted by Crippen LogP contribution is -2.09. The highest BCUT2D eigenvalue weighted by molar-refractivity contribution is 9.10. The molecule has 1 aromatic carbocycles. The van der Waals surface area contributed by atoms with E-state index in [1.54, 1.807) is 6.07 Å². The molecule has 0 aliphatic carbocycles. The molecule has 0 unspecified atom stereocenters. The molecule has 1 heterocycles. The van der Waals surface area contributed by atoms with Crippen LogP contribution in [0.15, 0.2) is 28.9 Å². The van der Waals surface area contributed by atoms with Crippen molar-refractivity contribution in [1.29, 1.82) is 0 Å². The van der Waals surface area contributed by atoms with Crippen LogP contribution in [-0.2, 0) is 6.54 Å². The van der Waals surface area contributed by atoms with Gasteiger partial charge in [0.25, 0.3) is 0 Å². The number of hydrogen-bond donors (Lipinski definition) is 1. The van der Waals surface area contributed by atoms with Crippen LogP contribution in [0.25, 0.3) is 0 Å². The monoisotopic (exact) mass is 353 g/mol. The third kappa shape index (κ3) is 3.84. The van der Waals surface area contributed by atoms with Gasteiger partial charge in [-0.1, -0.05) is 13.8 Å². The second kappa shape index (κ2) is 7.07. The second-order valence-corrected chi connectivity index (χ2v) is 6.05. The Morgan fingerprint density at radius 2 is 2.05 bits per heavy atom. The summed E-state index contributed by atoms with van der Waals surface area (Å²) in [6.45, 7) is 6.88. The molecule has 0 spiro atoms. The third-order valence-corrected chi connectivity index (χ3v) is 4.32. The Hall–Kier alpha value is -1.36. The largest absolute Gasteiger partial charge is 0.379 e. The van der Waals surface area contributed by atoms with E-state index in [0.29, 0.717) is 17.1 Å². The lowest BCUT2D eigenvalue weighted by Gasteiger charge is -2.13. The van der Waals surface area contributed by atoms with E-state index in [0.717, 1.165) is 29.8 Å². The number of nitrogens with one attached hydrogen (secondary N) is 1. The van der Waals surface area contributed by atoms with Gasteiger partial charge in [-0.05, 0) is 59.5 Å². The highest BCUT2D eigenvalue weighted by Crippen LogP contribution is 2.24. The molecule has 0 aliphatic rings. The van der Waals surface area contributed by atoms with Crippen LogP contribution in [0.5, 0.6) is 0 Å². The average molecular weight is 354 g/mol. The lowest BCUT2D eigenvalue weighted by atomic mass is 10.2. The van der Waals surface area contributed by atoms with E-state index in [2.05, 4.69) is 40.2 Å². The number of hydrogen-bond acceptors (Lipinski definition) is 2. The number of aromatic nitrogens is 2. The Morgan fingerprint density at radius 3 is 2.71 bits per heavy atom. The van der Waals surface area contributed by atoms with Gasteiger partial charge in [-0.15, -0.1) is 0 Å². The zero-order chi connectivity index (χ0) is 15.4. The summed E-state index contributed by atoms with van der Waals surface area (Å²) in [5.41, 5.74) is 2.76. The van der Waals surface area contributed by atoms with Gasteiger partial charge < -0.3 is 5.32 Å². The number of halogens is 2. The number of anilines is 1. The highest BCUT2D eigenvalue weighted by atomic mass is 79.9. The maximum absolute atomic E-state index is 13.6. The van der Waals surface area contributed by atoms with Gasteiger partial charge in [0, 0.05) is 11.9 Å². The molecule has 0 aliphatic heterocycles. The van der Waals surface area contributed by atoms with Gasteiger partial charge in [0.15, 0.2) is 0 Å². The average Bonchev–Trinajstić information content (AvgIpc) is 2.91. The molecular formula is C16H21BrFN3. The molecule has 0 atom stereocenters. The second-order valence-electron chi connectivity index (χ2n) is 5.19. The molecule has 0 radical (unpaired) electrons. The summed E-state index contributed by atoms with van der Waals surface area (Å²) in [7, 11) is 0. The van der Waals surface area contributed by atoms with Crippen molar-refractivity contribution < 1.29 is 4.39 Å². The fraction of sp³-hybridized carbons (Fsp3) is 0.438. The summed E-state index contributed by atoms with van der Waals surface area (Å²) in [5, 5.41) is 7.84. The van der Waals surface area contributed by atoms with E-state index in [-0.39, 0.29) is 5.82 Å². The smallest absolute Gasteiger partial charge is 0.139 e. The first kappa shape index (κ1) is 16.0. The molecule has 114 valence electrons. The SMILES string of the molecule is CCC(CC)n1ccc(CNc2cc(F)c(Br)cc2C)n1. The summed E-state index contributed by atoms with van der Waals surface area (Å²) in [6, 6.07) is 5.75. The van der Waals surface area contributed by atoms with Crippen LogP contribution >= 0.6 is 15.9 Å². The van der Waals surface area contributed by atoms with Crippen molar-refractivity contribution in [3.05, 3.63) is 45.9 Å². The Bertz CT molecular complexity index is 606. The minimum Gasteiger partial charge on any atom is -0.379 e. The van der Waals surface area contributed by atoms with Gasteiger partial charge in [-0.2, -0.15) is 5.10 Å². The molecule has 2 rings (SSSR count). The number of nitrogens with zero attached hydrogens (tertiary/aromatic N) is 2. The molecule has 3 nitrogen and oxygen atoms in total. The van der Waals surface area contributed by atoms with Crippen molar-refractivity contribution in [2.45, 2.75) is 46.2 Å². The molecule has 0 fully saturated rings. The van der Waals surface area contributed by atoms with Gasteiger partial charge in [0.1, 0.15) is 5.82 Å². The van der Waals surface area contributed by atoms with Crippen LogP contribution in [0.2, 0.25) is 0 Å². The predicted octanol–water partition coefficient (Wildman–Crippen LogP) is 5.07. The van der Waals surface area contributed by atoms with E-state index in [9.17, 15) is 4.39 Å². The highest BCUT2D eigenvalue weighted by Gasteiger charge is 2.09. The molecule has 0 saturated carbocycles. The van der Waals surface area contributed by atoms with E-state index in [4.69, 9.17) is 0 Å². The van der Waals surface area contributed by atoms with Gasteiger partial charge in [-0.25, -0.2) is 4.39 Å². The molecule has 5 heteroatoms. The Balaban J connectivity index is 2.05. The number of rotatable bonds is 6. The minimum absolute atomic E-state index is 0.259. The maximum atomic E-state index is 13.6. The standard InChI is InChI=1S/C16H21BrFN3/c1-4-13(5-2)21-7-6-12(20-21)10-19-16-9-15(18)14(17)8-11(16)3/h6-9,13,19H,4-5,10H2,1-3H3. The molecule has 0 amide bonds. The topological polar surface area (TPSA) is 29.9 Å². The number of benzene rings is 1. The first-order valence-electron chi connectivity index (χ1n) is 7.28. The summed E-state index contributed by atoms with van der Waals surface area (Å²) in [5.74, 6) is -0.259. The summed E-state index contributed by atoms with van der Waals surface area (Å²) in [6.07, 6.45) is 4.16. The lowest BCUT2D eigenvalue weighted by molar-refractivity contribution is 0.426. The van der Waals surface area contributed by atoms with Crippen molar-refractivity contribution in [2.75, 3.05) is 5.32 Å². The fourth-order valence-corrected chi connectivity index (χ4v) is 2.82. The van der Waals surface area contributed by atoms with Crippen molar-refractivity contribution in [1.82, 2.24) is 9.78 Å². The molecular weight excluding hydrogens is 333 g/mol. The van der Waals surface area contributed by atoms with Crippen molar-refractivity contribution in [3.8, 4) is 0 Å². The van der Waals surface area contributed by atoms with Gasteiger partial charge in [0.05, 0.1) is 22.8 Å². The molecule has 0 bridgehead atoms. The maximum Gasteiger partial charge on any atom is 0.139 e. The fourth-order valence-electron chi connectivity index (χ4n) is 2.36. The summed E-state index contributed by atoms with van der Waals surface area (Å²) >= 11 is 3.19. The van der Waals surface area contributed by atoms with Crippen molar-refractivity contribution in [2.24, 2.45) is 0 Å². The van der Waals surface area contributed by atoms with Crippen molar-refractivity contribution in [3.63, 3.8) is 0 Å². The minimum atomic E-state index is -0.259. The zero-order valence-corrected chi connectivity index (χ0v) is 14.2. The zero-order valence-electron chi connectivity index (χ0n) is 12.7. The predicted molar refractivity (Wildman–Crippen MR) is 88.0 cm³/mol. The van der Waals surface area contributed by atoms with Crippen molar-refractivity contribution >= 4 is 21.6 Å². The first-order valence-corrected chi connectivity index (χ1v) is 8.08. The summed E-state index contributed by atoms with van der Waals surface area (Å²) < 4.78 is 16.1. The Labute approximate surface area is 133 Å². The van der Waals surface area contributed by atoms with Crippen LogP contribution in [0.4, 0.5) is 10.1 Å². The molecule has 2 aromatic rings. The van der Waals surface area contributed by atoms with E-state index < -0.39 is 0 Å². The van der Waals surface area contributed by atoms with Gasteiger partial charge >= 0.3 is 0 Å².